The Labute approximate surface area is 121 Å². The van der Waals surface area contributed by atoms with E-state index in [1.807, 2.05) is 6.07 Å². The van der Waals surface area contributed by atoms with Gasteiger partial charge in [-0.15, -0.1) is 0 Å². The molecule has 0 saturated carbocycles. The van der Waals surface area contributed by atoms with E-state index in [2.05, 4.69) is 43.1 Å². The zero-order chi connectivity index (χ0) is 14.7. The van der Waals surface area contributed by atoms with Gasteiger partial charge in [0.05, 0.1) is 0 Å². The van der Waals surface area contributed by atoms with Crippen LogP contribution in [0.5, 0.6) is 0 Å². The lowest BCUT2D eigenvalue weighted by Gasteiger charge is -2.26. The summed E-state index contributed by atoms with van der Waals surface area (Å²) in [6.07, 6.45) is 1.17. The molecule has 1 aliphatic heterocycles. The highest BCUT2D eigenvalue weighted by Crippen LogP contribution is 2.30. The number of halogens is 1. The third-order valence-electron chi connectivity index (χ3n) is 4.20. The van der Waals surface area contributed by atoms with Crippen molar-refractivity contribution in [1.82, 2.24) is 10.2 Å². The van der Waals surface area contributed by atoms with Gasteiger partial charge in [-0.3, -0.25) is 0 Å². The van der Waals surface area contributed by atoms with Crippen molar-refractivity contribution in [1.29, 1.82) is 0 Å². The summed E-state index contributed by atoms with van der Waals surface area (Å²) in [5.74, 6) is -0.156. The summed E-state index contributed by atoms with van der Waals surface area (Å²) in [7, 11) is 4.25. The normalized spacial score (nSPS) is 20.7. The van der Waals surface area contributed by atoms with E-state index in [4.69, 9.17) is 0 Å². The van der Waals surface area contributed by atoms with Gasteiger partial charge in [-0.2, -0.15) is 0 Å². The fourth-order valence-corrected chi connectivity index (χ4v) is 2.96. The number of rotatable bonds is 5. The van der Waals surface area contributed by atoms with Crippen LogP contribution in [0.1, 0.15) is 31.9 Å². The van der Waals surface area contributed by atoms with E-state index in [0.717, 1.165) is 25.2 Å². The molecular formula is C16H26FN3. The first-order valence-electron chi connectivity index (χ1n) is 7.47. The van der Waals surface area contributed by atoms with Gasteiger partial charge >= 0.3 is 0 Å². The maximum atomic E-state index is 13.6. The molecule has 1 aromatic carbocycles. The fourth-order valence-electron chi connectivity index (χ4n) is 2.96. The average molecular weight is 279 g/mol. The maximum absolute atomic E-state index is 13.6. The van der Waals surface area contributed by atoms with Crippen molar-refractivity contribution < 1.29 is 4.39 Å². The summed E-state index contributed by atoms with van der Waals surface area (Å²) < 4.78 is 13.6. The number of hydrogen-bond acceptors (Lipinski definition) is 3. The number of benzene rings is 1. The Morgan fingerprint density at radius 2 is 2.20 bits per heavy atom. The lowest BCUT2D eigenvalue weighted by molar-refractivity contribution is 0.315. The van der Waals surface area contributed by atoms with Crippen LogP contribution >= 0.6 is 0 Å². The Hall–Kier alpha value is -1.13. The Bertz CT molecular complexity index is 447. The third kappa shape index (κ3) is 3.30. The largest absolute Gasteiger partial charge is 0.370 e. The summed E-state index contributed by atoms with van der Waals surface area (Å²) in [4.78, 5) is 4.66. The second-order valence-corrected chi connectivity index (χ2v) is 5.83. The number of anilines is 1. The van der Waals surface area contributed by atoms with Crippen LogP contribution in [0, 0.1) is 5.82 Å². The summed E-state index contributed by atoms with van der Waals surface area (Å²) in [6.45, 7) is 7.12. The molecule has 0 aliphatic carbocycles. The van der Waals surface area contributed by atoms with Crippen LogP contribution in [0.3, 0.4) is 0 Å². The summed E-state index contributed by atoms with van der Waals surface area (Å²) in [5, 5.41) is 3.38. The van der Waals surface area contributed by atoms with Gasteiger partial charge in [0.2, 0.25) is 0 Å². The highest BCUT2D eigenvalue weighted by Gasteiger charge is 2.26. The third-order valence-corrected chi connectivity index (χ3v) is 4.20. The van der Waals surface area contributed by atoms with Gasteiger partial charge in [0, 0.05) is 30.9 Å². The van der Waals surface area contributed by atoms with E-state index in [0.29, 0.717) is 6.04 Å². The molecule has 3 nitrogen and oxygen atoms in total. The number of hydrogen-bond donors (Lipinski definition) is 1. The molecule has 0 spiro atoms. The highest BCUT2D eigenvalue weighted by atomic mass is 19.1. The van der Waals surface area contributed by atoms with Gasteiger partial charge in [-0.05, 0) is 57.7 Å². The van der Waals surface area contributed by atoms with Gasteiger partial charge < -0.3 is 15.1 Å². The van der Waals surface area contributed by atoms with Gasteiger partial charge in [0.15, 0.2) is 0 Å². The van der Waals surface area contributed by atoms with E-state index in [9.17, 15) is 4.39 Å². The lowest BCUT2D eigenvalue weighted by atomic mass is 10.0. The van der Waals surface area contributed by atoms with E-state index >= 15 is 0 Å². The monoisotopic (exact) mass is 279 g/mol. The molecule has 4 heteroatoms. The molecule has 1 N–H and O–H groups in total. The summed E-state index contributed by atoms with van der Waals surface area (Å²) >= 11 is 0. The van der Waals surface area contributed by atoms with Crippen LogP contribution in [-0.2, 0) is 0 Å². The van der Waals surface area contributed by atoms with Crippen LogP contribution in [0.25, 0.3) is 0 Å². The first-order valence-corrected chi connectivity index (χ1v) is 7.47. The zero-order valence-electron chi connectivity index (χ0n) is 13.0. The van der Waals surface area contributed by atoms with Crippen molar-refractivity contribution >= 4 is 5.69 Å². The minimum atomic E-state index is -0.156. The molecule has 1 aromatic rings. The molecule has 2 unspecified atom stereocenters. The minimum absolute atomic E-state index is 0.156. The van der Waals surface area contributed by atoms with Gasteiger partial charge in [0.25, 0.3) is 0 Å². The van der Waals surface area contributed by atoms with Crippen LogP contribution in [-0.4, -0.2) is 44.7 Å². The van der Waals surface area contributed by atoms with Gasteiger partial charge in [0.1, 0.15) is 5.82 Å². The Morgan fingerprint density at radius 3 is 2.80 bits per heavy atom. The average Bonchev–Trinajstić information content (AvgIpc) is 2.88. The fraction of sp³-hybridized carbons (Fsp3) is 0.625. The number of nitrogens with one attached hydrogen (secondary N) is 1. The second-order valence-electron chi connectivity index (χ2n) is 5.83. The predicted octanol–water partition coefficient (Wildman–Crippen LogP) is 2.64. The molecule has 20 heavy (non-hydrogen) atoms. The number of nitrogens with zero attached hydrogens (tertiary/aromatic N) is 2. The quantitative estimate of drug-likeness (QED) is 0.894. The molecular weight excluding hydrogens is 253 g/mol. The maximum Gasteiger partial charge on any atom is 0.123 e. The van der Waals surface area contributed by atoms with Crippen molar-refractivity contribution in [3.8, 4) is 0 Å². The van der Waals surface area contributed by atoms with Crippen LogP contribution < -0.4 is 10.2 Å². The van der Waals surface area contributed by atoms with E-state index in [1.165, 1.54) is 12.1 Å². The molecule has 112 valence electrons. The smallest absolute Gasteiger partial charge is 0.123 e. The van der Waals surface area contributed by atoms with E-state index < -0.39 is 0 Å². The highest BCUT2D eigenvalue weighted by molar-refractivity contribution is 5.56. The molecule has 1 aliphatic rings. The Kier molecular flexibility index (Phi) is 5.00. The van der Waals surface area contributed by atoms with Crippen molar-refractivity contribution in [2.75, 3.05) is 38.6 Å². The topological polar surface area (TPSA) is 18.5 Å². The summed E-state index contributed by atoms with van der Waals surface area (Å²) in [5.41, 5.74) is 2.23. The molecule has 0 aromatic heterocycles. The zero-order valence-corrected chi connectivity index (χ0v) is 13.0. The molecule has 1 fully saturated rings. The Balaban J connectivity index is 2.23. The van der Waals surface area contributed by atoms with Crippen molar-refractivity contribution in [2.45, 2.75) is 32.4 Å². The van der Waals surface area contributed by atoms with Crippen LogP contribution in [0.15, 0.2) is 18.2 Å². The van der Waals surface area contributed by atoms with Crippen molar-refractivity contribution in [3.05, 3.63) is 29.6 Å². The molecule has 1 saturated heterocycles. The first-order chi connectivity index (χ1) is 9.52. The standard InChI is InChI=1S/C16H26FN3/c1-5-18-12(2)15-10-13(17)6-7-16(15)20-9-8-14(11-20)19(3)4/h6-7,10,12,14,18H,5,8-9,11H2,1-4H3. The molecule has 0 radical (unpaired) electrons. The molecule has 2 rings (SSSR count). The van der Waals surface area contributed by atoms with Gasteiger partial charge in [-0.25, -0.2) is 4.39 Å². The minimum Gasteiger partial charge on any atom is -0.370 e. The number of likely N-dealkylation sites (N-methyl/N-ethyl adjacent to an activating group) is 1. The van der Waals surface area contributed by atoms with Crippen LogP contribution in [0.2, 0.25) is 0 Å². The molecule has 0 bridgehead atoms. The van der Waals surface area contributed by atoms with Crippen molar-refractivity contribution in [2.24, 2.45) is 0 Å². The van der Waals surface area contributed by atoms with Crippen molar-refractivity contribution in [3.63, 3.8) is 0 Å². The van der Waals surface area contributed by atoms with Crippen LogP contribution in [0.4, 0.5) is 10.1 Å². The second kappa shape index (κ2) is 6.55. The van der Waals surface area contributed by atoms with E-state index in [-0.39, 0.29) is 11.9 Å². The molecule has 2 atom stereocenters. The van der Waals surface area contributed by atoms with Gasteiger partial charge in [-0.1, -0.05) is 6.92 Å². The molecule has 1 heterocycles. The lowest BCUT2D eigenvalue weighted by Crippen LogP contribution is -2.32. The Morgan fingerprint density at radius 1 is 1.45 bits per heavy atom. The predicted molar refractivity (Wildman–Crippen MR) is 82.8 cm³/mol. The molecule has 0 amide bonds. The SMILES string of the molecule is CCNC(C)c1cc(F)ccc1N1CCC(N(C)C)C1. The first kappa shape index (κ1) is 15.3. The summed E-state index contributed by atoms with van der Waals surface area (Å²) in [6, 6.07) is 5.93. The van der Waals surface area contributed by atoms with E-state index in [1.54, 1.807) is 12.1 Å².